The summed E-state index contributed by atoms with van der Waals surface area (Å²) < 4.78 is 0. The molecule has 1 N–H and O–H groups in total. The molecule has 0 aliphatic carbocycles. The summed E-state index contributed by atoms with van der Waals surface area (Å²) in [7, 11) is 0. The van der Waals surface area contributed by atoms with E-state index in [1.54, 1.807) is 6.08 Å². The number of anilines is 1. The Balaban J connectivity index is 1.18. The van der Waals surface area contributed by atoms with Crippen LogP contribution in [-0.4, -0.2) is 49.4 Å². The first-order valence-electron chi connectivity index (χ1n) is 11.3. The molecule has 2 heterocycles. The Morgan fingerprint density at radius 3 is 2.29 bits per heavy atom. The van der Waals surface area contributed by atoms with E-state index >= 15 is 0 Å². The normalized spacial score (nSPS) is 19.7. The van der Waals surface area contributed by atoms with Gasteiger partial charge >= 0.3 is 0 Å². The Kier molecular flexibility index (Phi) is 7.03. The van der Waals surface area contributed by atoms with E-state index < -0.39 is 0 Å². The average Bonchev–Trinajstić information content (AvgIpc) is 3.31. The molecule has 0 saturated carbocycles. The van der Waals surface area contributed by atoms with Gasteiger partial charge in [-0.1, -0.05) is 48.5 Å². The van der Waals surface area contributed by atoms with Crippen LogP contribution in [0.1, 0.15) is 24.8 Å². The molecule has 0 spiro atoms. The van der Waals surface area contributed by atoms with E-state index in [1.165, 1.54) is 5.69 Å². The van der Waals surface area contributed by atoms with Crippen LogP contribution in [0.2, 0.25) is 0 Å². The number of carbonyl (C=O) groups is 2. The number of likely N-dealkylation sites (tertiary alicyclic amines) is 1. The fraction of sp³-hybridized carbons (Fsp3) is 0.385. The monoisotopic (exact) mass is 417 g/mol. The molecule has 4 rings (SSSR count). The van der Waals surface area contributed by atoms with Crippen LogP contribution in [0.25, 0.3) is 6.08 Å². The zero-order valence-electron chi connectivity index (χ0n) is 18.0. The number of nitrogens with zero attached hydrogens (tertiary/aromatic N) is 2. The van der Waals surface area contributed by atoms with Gasteiger partial charge in [0.1, 0.15) is 0 Å². The Hall–Kier alpha value is -3.08. The van der Waals surface area contributed by atoms with Crippen LogP contribution in [0.4, 0.5) is 5.69 Å². The molecule has 2 amide bonds. The van der Waals surface area contributed by atoms with Crippen LogP contribution in [0.5, 0.6) is 0 Å². The van der Waals surface area contributed by atoms with Crippen molar-refractivity contribution in [2.75, 3.05) is 37.6 Å². The minimum atomic E-state index is 0.00813. The van der Waals surface area contributed by atoms with Crippen molar-refractivity contribution in [3.8, 4) is 0 Å². The van der Waals surface area contributed by atoms with Crippen molar-refractivity contribution < 1.29 is 9.59 Å². The summed E-state index contributed by atoms with van der Waals surface area (Å²) in [5, 5.41) is 3.17. The lowest BCUT2D eigenvalue weighted by molar-refractivity contribution is -0.132. The molecule has 5 nitrogen and oxygen atoms in total. The van der Waals surface area contributed by atoms with Gasteiger partial charge in [0.15, 0.2) is 0 Å². The minimum Gasteiger partial charge on any atom is -0.371 e. The molecule has 2 fully saturated rings. The highest BCUT2D eigenvalue weighted by atomic mass is 16.2. The third-order valence-corrected chi connectivity index (χ3v) is 6.37. The van der Waals surface area contributed by atoms with Crippen LogP contribution in [-0.2, 0) is 9.59 Å². The molecule has 0 aromatic heterocycles. The first kappa shape index (κ1) is 21.2. The zero-order valence-corrected chi connectivity index (χ0v) is 18.0. The van der Waals surface area contributed by atoms with Gasteiger partial charge in [0.2, 0.25) is 11.8 Å². The second-order valence-corrected chi connectivity index (χ2v) is 8.52. The molecule has 31 heavy (non-hydrogen) atoms. The molecule has 1 atom stereocenters. The van der Waals surface area contributed by atoms with Gasteiger partial charge in [-0.2, -0.15) is 0 Å². The van der Waals surface area contributed by atoms with Crippen molar-refractivity contribution in [2.45, 2.75) is 19.3 Å². The third-order valence-electron chi connectivity index (χ3n) is 6.37. The molecule has 2 aliphatic heterocycles. The Morgan fingerprint density at radius 2 is 1.58 bits per heavy atom. The van der Waals surface area contributed by atoms with Crippen LogP contribution < -0.4 is 10.2 Å². The van der Waals surface area contributed by atoms with Crippen LogP contribution in [0.3, 0.4) is 0 Å². The number of benzene rings is 2. The van der Waals surface area contributed by atoms with Crippen molar-refractivity contribution >= 4 is 23.6 Å². The first-order valence-corrected chi connectivity index (χ1v) is 11.3. The van der Waals surface area contributed by atoms with Gasteiger partial charge in [0.05, 0.1) is 0 Å². The van der Waals surface area contributed by atoms with E-state index in [2.05, 4.69) is 34.5 Å². The predicted molar refractivity (Wildman–Crippen MR) is 125 cm³/mol. The average molecular weight is 418 g/mol. The lowest BCUT2D eigenvalue weighted by Crippen LogP contribution is -2.43. The topological polar surface area (TPSA) is 52.7 Å². The van der Waals surface area contributed by atoms with Crippen LogP contribution in [0, 0.1) is 11.8 Å². The van der Waals surface area contributed by atoms with E-state index in [0.717, 1.165) is 44.5 Å². The van der Waals surface area contributed by atoms with Crippen molar-refractivity contribution in [1.29, 1.82) is 0 Å². The Bertz CT molecular complexity index is 889. The van der Waals surface area contributed by atoms with Gasteiger partial charge in [-0.05, 0) is 49.0 Å². The van der Waals surface area contributed by atoms with Crippen LogP contribution >= 0.6 is 0 Å². The second-order valence-electron chi connectivity index (χ2n) is 8.52. The standard InChI is InChI=1S/C26H31N3O2/c30-25(12-11-21-7-3-1-4-8-21)28-17-14-23(15-18-28)26(31)27-19-22-13-16-29(20-22)24-9-5-2-6-10-24/h1-12,22-23H,13-20H2,(H,27,31)/b12-11+. The largest absolute Gasteiger partial charge is 0.371 e. The molecule has 5 heteroatoms. The number of piperidine rings is 1. The molecule has 2 saturated heterocycles. The number of para-hydroxylation sites is 1. The summed E-state index contributed by atoms with van der Waals surface area (Å²) in [6.07, 6.45) is 6.06. The summed E-state index contributed by atoms with van der Waals surface area (Å²) in [5.74, 6) is 0.669. The summed E-state index contributed by atoms with van der Waals surface area (Å²) in [6.45, 7) is 4.05. The summed E-state index contributed by atoms with van der Waals surface area (Å²) in [5.41, 5.74) is 2.28. The van der Waals surface area contributed by atoms with E-state index in [9.17, 15) is 9.59 Å². The maximum atomic E-state index is 12.7. The number of rotatable bonds is 6. The van der Waals surface area contributed by atoms with Gasteiger partial charge in [0, 0.05) is 50.4 Å². The first-order chi connectivity index (χ1) is 15.2. The number of amides is 2. The fourth-order valence-corrected chi connectivity index (χ4v) is 4.46. The van der Waals surface area contributed by atoms with Gasteiger partial charge in [-0.25, -0.2) is 0 Å². The van der Waals surface area contributed by atoms with Gasteiger partial charge in [-0.15, -0.1) is 0 Å². The third kappa shape index (κ3) is 5.75. The maximum absolute atomic E-state index is 12.7. The van der Waals surface area contributed by atoms with Crippen molar-refractivity contribution in [3.05, 3.63) is 72.3 Å². The predicted octanol–water partition coefficient (Wildman–Crippen LogP) is 3.58. The van der Waals surface area contributed by atoms with Crippen LogP contribution in [0.15, 0.2) is 66.7 Å². The van der Waals surface area contributed by atoms with E-state index in [4.69, 9.17) is 0 Å². The minimum absolute atomic E-state index is 0.00813. The Morgan fingerprint density at radius 1 is 0.903 bits per heavy atom. The summed E-state index contributed by atoms with van der Waals surface area (Å²) in [6, 6.07) is 20.3. The molecule has 0 bridgehead atoms. The SMILES string of the molecule is O=C(NCC1CCN(c2ccccc2)C1)C1CCN(C(=O)/C=C/c2ccccc2)CC1. The summed E-state index contributed by atoms with van der Waals surface area (Å²) in [4.78, 5) is 29.3. The second kappa shape index (κ2) is 10.3. The molecule has 2 aromatic carbocycles. The summed E-state index contributed by atoms with van der Waals surface area (Å²) >= 11 is 0. The maximum Gasteiger partial charge on any atom is 0.246 e. The number of hydrogen-bond donors (Lipinski definition) is 1. The smallest absolute Gasteiger partial charge is 0.246 e. The molecule has 2 aromatic rings. The molecule has 2 aliphatic rings. The van der Waals surface area contributed by atoms with Gasteiger partial charge < -0.3 is 15.1 Å². The zero-order chi connectivity index (χ0) is 21.5. The molecular formula is C26H31N3O2. The molecule has 162 valence electrons. The molecule has 1 unspecified atom stereocenters. The van der Waals surface area contributed by atoms with Crippen molar-refractivity contribution in [2.24, 2.45) is 11.8 Å². The highest BCUT2D eigenvalue weighted by molar-refractivity contribution is 5.92. The molecule has 0 radical (unpaired) electrons. The highest BCUT2D eigenvalue weighted by Gasteiger charge is 2.28. The van der Waals surface area contributed by atoms with Crippen molar-refractivity contribution in [1.82, 2.24) is 10.2 Å². The number of carbonyl (C=O) groups excluding carboxylic acids is 2. The van der Waals surface area contributed by atoms with E-state index in [1.807, 2.05) is 47.4 Å². The van der Waals surface area contributed by atoms with E-state index in [0.29, 0.717) is 19.0 Å². The molecular weight excluding hydrogens is 386 g/mol. The van der Waals surface area contributed by atoms with Gasteiger partial charge in [0.25, 0.3) is 0 Å². The highest BCUT2D eigenvalue weighted by Crippen LogP contribution is 2.23. The quantitative estimate of drug-likeness (QED) is 0.731. The number of hydrogen-bond acceptors (Lipinski definition) is 3. The van der Waals surface area contributed by atoms with E-state index in [-0.39, 0.29) is 17.7 Å². The number of nitrogens with one attached hydrogen (secondary N) is 1. The Labute approximate surface area is 184 Å². The van der Waals surface area contributed by atoms with Crippen molar-refractivity contribution in [3.63, 3.8) is 0 Å². The fourth-order valence-electron chi connectivity index (χ4n) is 4.46. The lowest BCUT2D eigenvalue weighted by Gasteiger charge is -2.31. The van der Waals surface area contributed by atoms with Gasteiger partial charge in [-0.3, -0.25) is 9.59 Å². The lowest BCUT2D eigenvalue weighted by atomic mass is 9.95.